The molecule has 128 valence electrons. The minimum Gasteiger partial charge on any atom is -0.381 e. The Morgan fingerprint density at radius 3 is 2.83 bits per heavy atom. The molecule has 1 aliphatic heterocycles. The predicted octanol–water partition coefficient (Wildman–Crippen LogP) is 2.86. The average molecular weight is 319 g/mol. The zero-order valence-electron chi connectivity index (χ0n) is 14.3. The third-order valence-corrected chi connectivity index (χ3v) is 4.20. The topological polar surface area (TPSA) is 68.9 Å². The summed E-state index contributed by atoms with van der Waals surface area (Å²) < 4.78 is 11.1. The molecular weight excluding hydrogens is 290 g/mol. The van der Waals surface area contributed by atoms with E-state index < -0.39 is 0 Å². The zero-order chi connectivity index (χ0) is 16.5. The molecule has 1 fully saturated rings. The van der Waals surface area contributed by atoms with Crippen LogP contribution in [0.3, 0.4) is 0 Å². The maximum atomic E-state index is 5.91. The molecule has 0 radical (unpaired) electrons. The number of guanidine groups is 1. The number of hydrogen-bond donors (Lipinski definition) is 2. The van der Waals surface area contributed by atoms with E-state index in [0.717, 1.165) is 51.4 Å². The van der Waals surface area contributed by atoms with Crippen molar-refractivity contribution < 1.29 is 9.47 Å². The second-order valence-corrected chi connectivity index (χ2v) is 6.18. The van der Waals surface area contributed by atoms with Crippen LogP contribution in [0.2, 0.25) is 0 Å². The molecule has 0 aliphatic carbocycles. The lowest BCUT2D eigenvalue weighted by atomic mass is 10.0. The first-order valence-corrected chi connectivity index (χ1v) is 8.45. The molecule has 0 amide bonds. The van der Waals surface area contributed by atoms with Gasteiger partial charge in [0.25, 0.3) is 0 Å². The van der Waals surface area contributed by atoms with Gasteiger partial charge in [-0.1, -0.05) is 6.07 Å². The Morgan fingerprint density at radius 1 is 1.30 bits per heavy atom. The van der Waals surface area contributed by atoms with Gasteiger partial charge in [0, 0.05) is 38.7 Å². The highest BCUT2D eigenvalue weighted by molar-refractivity contribution is 5.92. The number of nitrogens with zero attached hydrogens (tertiary/aromatic N) is 1. The monoisotopic (exact) mass is 319 g/mol. The summed E-state index contributed by atoms with van der Waals surface area (Å²) in [7, 11) is 0. The number of nitrogens with one attached hydrogen (secondary N) is 1. The van der Waals surface area contributed by atoms with E-state index in [1.165, 1.54) is 11.1 Å². The van der Waals surface area contributed by atoms with E-state index in [0.29, 0.717) is 18.4 Å². The number of ether oxygens (including phenoxy) is 2. The standard InChI is InChI=1S/C18H29N3O2/c1-14-4-5-17(12-15(14)2)21-18(19)20-8-3-9-23-13-16-6-10-22-11-7-16/h4-5,12,16H,3,6-11,13H2,1-2H3,(H3,19,20,21). The molecule has 1 heterocycles. The van der Waals surface area contributed by atoms with Crippen LogP contribution in [0.4, 0.5) is 5.69 Å². The molecular formula is C18H29N3O2. The van der Waals surface area contributed by atoms with Crippen LogP contribution in [-0.4, -0.2) is 38.9 Å². The molecule has 0 bridgehead atoms. The average Bonchev–Trinajstić information content (AvgIpc) is 2.55. The van der Waals surface area contributed by atoms with E-state index in [9.17, 15) is 0 Å². The summed E-state index contributed by atoms with van der Waals surface area (Å²) in [4.78, 5) is 4.34. The van der Waals surface area contributed by atoms with Crippen LogP contribution in [0.1, 0.15) is 30.4 Å². The van der Waals surface area contributed by atoms with Gasteiger partial charge in [-0.2, -0.15) is 0 Å². The van der Waals surface area contributed by atoms with Gasteiger partial charge in [0.05, 0.1) is 0 Å². The van der Waals surface area contributed by atoms with Gasteiger partial charge in [0.15, 0.2) is 5.96 Å². The van der Waals surface area contributed by atoms with Crippen LogP contribution in [0, 0.1) is 19.8 Å². The van der Waals surface area contributed by atoms with E-state index in [1.54, 1.807) is 0 Å². The maximum absolute atomic E-state index is 5.91. The Morgan fingerprint density at radius 2 is 2.09 bits per heavy atom. The molecule has 1 saturated heterocycles. The minimum atomic E-state index is 0.456. The van der Waals surface area contributed by atoms with Crippen LogP contribution in [0.5, 0.6) is 0 Å². The second kappa shape index (κ2) is 9.53. The fourth-order valence-electron chi connectivity index (χ4n) is 2.54. The third kappa shape index (κ3) is 6.59. The van der Waals surface area contributed by atoms with Crippen LogP contribution in [0.25, 0.3) is 0 Å². The van der Waals surface area contributed by atoms with Crippen molar-refractivity contribution in [2.24, 2.45) is 16.6 Å². The second-order valence-electron chi connectivity index (χ2n) is 6.18. The Labute approximate surface area is 139 Å². The van der Waals surface area contributed by atoms with Crippen molar-refractivity contribution in [3.8, 4) is 0 Å². The fourth-order valence-corrected chi connectivity index (χ4v) is 2.54. The van der Waals surface area contributed by atoms with Crippen molar-refractivity contribution in [3.05, 3.63) is 29.3 Å². The third-order valence-electron chi connectivity index (χ3n) is 4.20. The van der Waals surface area contributed by atoms with Crippen molar-refractivity contribution in [2.45, 2.75) is 33.1 Å². The first kappa shape index (κ1) is 17.8. The maximum Gasteiger partial charge on any atom is 0.193 e. The summed E-state index contributed by atoms with van der Waals surface area (Å²) in [6.07, 6.45) is 3.12. The van der Waals surface area contributed by atoms with Crippen molar-refractivity contribution in [1.82, 2.24) is 0 Å². The molecule has 0 aromatic heterocycles. The van der Waals surface area contributed by atoms with Gasteiger partial charge in [-0.3, -0.25) is 4.99 Å². The number of rotatable bonds is 7. The van der Waals surface area contributed by atoms with E-state index in [1.807, 2.05) is 6.07 Å². The Hall–Kier alpha value is -1.59. The number of hydrogen-bond acceptors (Lipinski definition) is 3. The van der Waals surface area contributed by atoms with Crippen LogP contribution >= 0.6 is 0 Å². The van der Waals surface area contributed by atoms with Crippen molar-refractivity contribution >= 4 is 11.6 Å². The van der Waals surface area contributed by atoms with Gasteiger partial charge in [-0.25, -0.2) is 0 Å². The first-order valence-electron chi connectivity index (χ1n) is 8.45. The van der Waals surface area contributed by atoms with Crippen molar-refractivity contribution in [3.63, 3.8) is 0 Å². The molecule has 0 saturated carbocycles. The molecule has 5 nitrogen and oxygen atoms in total. The van der Waals surface area contributed by atoms with Gasteiger partial charge in [0.2, 0.25) is 0 Å². The van der Waals surface area contributed by atoms with Crippen molar-refractivity contribution in [1.29, 1.82) is 0 Å². The van der Waals surface area contributed by atoms with Gasteiger partial charge in [-0.15, -0.1) is 0 Å². The van der Waals surface area contributed by atoms with E-state index in [2.05, 4.69) is 36.3 Å². The number of benzene rings is 1. The molecule has 23 heavy (non-hydrogen) atoms. The molecule has 0 unspecified atom stereocenters. The number of nitrogens with two attached hydrogens (primary N) is 1. The number of aryl methyl sites for hydroxylation is 2. The van der Waals surface area contributed by atoms with Crippen LogP contribution in [-0.2, 0) is 9.47 Å². The number of aliphatic imine (C=N–C) groups is 1. The summed E-state index contributed by atoms with van der Waals surface area (Å²) in [6.45, 7) is 8.18. The molecule has 1 aromatic rings. The summed E-state index contributed by atoms with van der Waals surface area (Å²) in [5.41, 5.74) is 9.40. The lowest BCUT2D eigenvalue weighted by molar-refractivity contribution is 0.0205. The molecule has 3 N–H and O–H groups in total. The molecule has 0 spiro atoms. The summed E-state index contributed by atoms with van der Waals surface area (Å²) in [5, 5.41) is 3.13. The lowest BCUT2D eigenvalue weighted by Gasteiger charge is -2.21. The molecule has 1 aliphatic rings. The largest absolute Gasteiger partial charge is 0.381 e. The summed E-state index contributed by atoms with van der Waals surface area (Å²) in [6, 6.07) is 6.17. The van der Waals surface area contributed by atoms with Gasteiger partial charge in [-0.05, 0) is 62.3 Å². The highest BCUT2D eigenvalue weighted by atomic mass is 16.5. The van der Waals surface area contributed by atoms with E-state index in [-0.39, 0.29) is 0 Å². The summed E-state index contributed by atoms with van der Waals surface area (Å²) >= 11 is 0. The number of anilines is 1. The molecule has 1 aromatic carbocycles. The molecule has 2 rings (SSSR count). The highest BCUT2D eigenvalue weighted by Gasteiger charge is 2.13. The van der Waals surface area contributed by atoms with Gasteiger partial charge in [0.1, 0.15) is 0 Å². The summed E-state index contributed by atoms with van der Waals surface area (Å²) in [5.74, 6) is 1.11. The quantitative estimate of drug-likeness (QED) is 0.461. The SMILES string of the molecule is Cc1ccc(NC(N)=NCCCOCC2CCOCC2)cc1C. The van der Waals surface area contributed by atoms with E-state index in [4.69, 9.17) is 15.2 Å². The zero-order valence-corrected chi connectivity index (χ0v) is 14.3. The highest BCUT2D eigenvalue weighted by Crippen LogP contribution is 2.15. The normalized spacial score (nSPS) is 16.5. The Bertz CT molecular complexity index is 511. The molecule has 5 heteroatoms. The van der Waals surface area contributed by atoms with Crippen LogP contribution < -0.4 is 11.1 Å². The fraction of sp³-hybridized carbons (Fsp3) is 0.611. The van der Waals surface area contributed by atoms with Gasteiger partial charge < -0.3 is 20.5 Å². The Kier molecular flexibility index (Phi) is 7.36. The van der Waals surface area contributed by atoms with Gasteiger partial charge >= 0.3 is 0 Å². The molecule has 0 atom stereocenters. The van der Waals surface area contributed by atoms with Crippen molar-refractivity contribution in [2.75, 3.05) is 38.3 Å². The van der Waals surface area contributed by atoms with E-state index >= 15 is 0 Å². The minimum absolute atomic E-state index is 0.456. The first-order chi connectivity index (χ1) is 11.1. The predicted molar refractivity (Wildman–Crippen MR) is 95.0 cm³/mol. The Balaban J connectivity index is 1.60. The lowest BCUT2D eigenvalue weighted by Crippen LogP contribution is -2.23. The smallest absolute Gasteiger partial charge is 0.193 e. The van der Waals surface area contributed by atoms with Crippen LogP contribution in [0.15, 0.2) is 23.2 Å².